The predicted octanol–water partition coefficient (Wildman–Crippen LogP) is 3.01. The molecule has 0 unspecified atom stereocenters. The van der Waals surface area contributed by atoms with Crippen LogP contribution >= 0.6 is 0 Å². The molecule has 3 aromatic heterocycles. The number of anilines is 3. The number of hydrogen-bond acceptors (Lipinski definition) is 8. The smallest absolute Gasteiger partial charge is 0.293 e. The molecule has 4 heterocycles. The molecule has 1 fully saturated rings. The monoisotopic (exact) mass is 530 g/mol. The van der Waals surface area contributed by atoms with E-state index in [9.17, 15) is 9.59 Å². The van der Waals surface area contributed by atoms with Crippen molar-refractivity contribution in [2.45, 2.75) is 26.4 Å². The van der Waals surface area contributed by atoms with E-state index in [1.807, 2.05) is 26.0 Å². The quantitative estimate of drug-likeness (QED) is 0.347. The molecule has 4 aromatic rings. The van der Waals surface area contributed by atoms with Gasteiger partial charge in [-0.3, -0.25) is 9.59 Å². The van der Waals surface area contributed by atoms with Crippen molar-refractivity contribution in [2.75, 3.05) is 50.6 Å². The van der Waals surface area contributed by atoms with Gasteiger partial charge in [-0.25, -0.2) is 14.3 Å². The van der Waals surface area contributed by atoms with Gasteiger partial charge in [0.2, 0.25) is 5.95 Å². The lowest BCUT2D eigenvalue weighted by atomic mass is 10.2. The zero-order valence-corrected chi connectivity index (χ0v) is 22.8. The van der Waals surface area contributed by atoms with Crippen molar-refractivity contribution in [3.05, 3.63) is 76.1 Å². The molecule has 1 aliphatic heterocycles. The van der Waals surface area contributed by atoms with Crippen LogP contribution in [0, 0.1) is 0 Å². The fourth-order valence-corrected chi connectivity index (χ4v) is 4.79. The van der Waals surface area contributed by atoms with Crippen LogP contribution < -0.4 is 26.1 Å². The van der Waals surface area contributed by atoms with Crippen LogP contribution in [-0.4, -0.2) is 69.1 Å². The summed E-state index contributed by atoms with van der Waals surface area (Å²) in [4.78, 5) is 40.0. The molecule has 204 valence electrons. The molecular weight excluding hydrogens is 496 g/mol. The Morgan fingerprint density at radius 2 is 1.79 bits per heavy atom. The van der Waals surface area contributed by atoms with Gasteiger partial charge >= 0.3 is 0 Å². The van der Waals surface area contributed by atoms with E-state index >= 15 is 0 Å². The molecule has 1 saturated heterocycles. The van der Waals surface area contributed by atoms with Crippen LogP contribution in [0.15, 0.2) is 65.0 Å². The first-order chi connectivity index (χ1) is 18.8. The average molecular weight is 531 g/mol. The number of methoxy groups -OCH3 is 1. The third-order valence-electron chi connectivity index (χ3n) is 6.99. The van der Waals surface area contributed by atoms with Gasteiger partial charge in [-0.05, 0) is 45.2 Å². The number of ether oxygens (including phenoxy) is 1. The van der Waals surface area contributed by atoms with Crippen LogP contribution in [0.2, 0.25) is 0 Å². The normalized spacial score (nSPS) is 14.2. The molecule has 0 spiro atoms. The second-order valence-corrected chi connectivity index (χ2v) is 9.95. The van der Waals surface area contributed by atoms with Crippen molar-refractivity contribution in [3.8, 4) is 11.4 Å². The molecule has 0 atom stereocenters. The maximum atomic E-state index is 13.3. The van der Waals surface area contributed by atoms with Crippen LogP contribution in [0.5, 0.6) is 5.75 Å². The van der Waals surface area contributed by atoms with Crippen molar-refractivity contribution < 1.29 is 4.74 Å². The van der Waals surface area contributed by atoms with Gasteiger partial charge in [0, 0.05) is 62.1 Å². The summed E-state index contributed by atoms with van der Waals surface area (Å²) in [6.45, 7) is 12.0. The van der Waals surface area contributed by atoms with Gasteiger partial charge < -0.3 is 24.4 Å². The molecule has 0 aliphatic carbocycles. The molecule has 0 amide bonds. The van der Waals surface area contributed by atoms with Gasteiger partial charge in [-0.15, -0.1) is 6.58 Å². The van der Waals surface area contributed by atoms with Crippen LogP contribution in [0.4, 0.5) is 17.3 Å². The minimum atomic E-state index is -0.255. The van der Waals surface area contributed by atoms with Crippen LogP contribution in [0.1, 0.15) is 19.9 Å². The molecule has 11 heteroatoms. The van der Waals surface area contributed by atoms with Gasteiger partial charge in [-0.2, -0.15) is 4.98 Å². The van der Waals surface area contributed by atoms with Crippen molar-refractivity contribution in [1.29, 1.82) is 0 Å². The minimum absolute atomic E-state index is 0.117. The van der Waals surface area contributed by atoms with Crippen LogP contribution in [0.25, 0.3) is 16.7 Å². The maximum Gasteiger partial charge on any atom is 0.293 e. The number of benzene rings is 1. The third-order valence-corrected chi connectivity index (χ3v) is 6.99. The van der Waals surface area contributed by atoms with E-state index in [1.54, 1.807) is 27.6 Å². The zero-order chi connectivity index (χ0) is 27.7. The Morgan fingerprint density at radius 1 is 1.08 bits per heavy atom. The highest BCUT2D eigenvalue weighted by molar-refractivity contribution is 5.77. The van der Waals surface area contributed by atoms with E-state index in [2.05, 4.69) is 45.9 Å². The molecule has 39 heavy (non-hydrogen) atoms. The number of fused-ring (bicyclic) bond motifs is 1. The topological polar surface area (TPSA) is 102 Å². The standard InChI is InChI=1S/C28H34N8O3/c1-6-11-35-26(37)23-17-29-28(30-20-7-9-21(10-8-20)33-14-12-32(4)13-15-33)31-25(23)36(35)22-16-24(39-5)27(38)34(18-22)19(2)3/h6-10,16-19H,1,11-15H2,2-5H3,(H,29,30,31). The Labute approximate surface area is 226 Å². The summed E-state index contributed by atoms with van der Waals surface area (Å²) in [7, 11) is 3.60. The van der Waals surface area contributed by atoms with Crippen molar-refractivity contribution in [3.63, 3.8) is 0 Å². The number of hydrogen-bond donors (Lipinski definition) is 1. The molecule has 0 radical (unpaired) electrons. The second kappa shape index (κ2) is 10.8. The molecular formula is C28H34N8O3. The Balaban J connectivity index is 1.54. The largest absolute Gasteiger partial charge is 0.491 e. The summed E-state index contributed by atoms with van der Waals surface area (Å²) in [5.41, 5.74) is 2.48. The van der Waals surface area contributed by atoms with Gasteiger partial charge in [-0.1, -0.05) is 6.08 Å². The van der Waals surface area contributed by atoms with Gasteiger partial charge in [0.25, 0.3) is 11.1 Å². The van der Waals surface area contributed by atoms with Crippen LogP contribution in [0.3, 0.4) is 0 Å². The summed E-state index contributed by atoms with van der Waals surface area (Å²) in [5.74, 6) is 0.525. The zero-order valence-electron chi connectivity index (χ0n) is 22.8. The Morgan fingerprint density at radius 3 is 2.44 bits per heavy atom. The van der Waals surface area contributed by atoms with Gasteiger partial charge in [0.05, 0.1) is 19.3 Å². The van der Waals surface area contributed by atoms with Crippen LogP contribution in [-0.2, 0) is 6.54 Å². The number of allylic oxidation sites excluding steroid dienone is 1. The van der Waals surface area contributed by atoms with E-state index in [4.69, 9.17) is 9.72 Å². The van der Waals surface area contributed by atoms with Gasteiger partial charge in [0.1, 0.15) is 5.39 Å². The van der Waals surface area contributed by atoms with Gasteiger partial charge in [0.15, 0.2) is 11.4 Å². The number of rotatable bonds is 8. The first kappa shape index (κ1) is 26.2. The van der Waals surface area contributed by atoms with E-state index in [0.29, 0.717) is 22.7 Å². The minimum Gasteiger partial charge on any atom is -0.491 e. The van der Waals surface area contributed by atoms with Crippen molar-refractivity contribution >= 4 is 28.4 Å². The summed E-state index contributed by atoms with van der Waals surface area (Å²) in [5, 5.41) is 3.62. The molecule has 0 bridgehead atoms. The first-order valence-corrected chi connectivity index (χ1v) is 13.0. The number of likely N-dealkylation sites (N-methyl/N-ethyl adjacent to an activating group) is 1. The summed E-state index contributed by atoms with van der Waals surface area (Å²) < 4.78 is 10.2. The predicted molar refractivity (Wildman–Crippen MR) is 154 cm³/mol. The lowest BCUT2D eigenvalue weighted by molar-refractivity contribution is 0.313. The van der Waals surface area contributed by atoms with E-state index in [-0.39, 0.29) is 29.5 Å². The summed E-state index contributed by atoms with van der Waals surface area (Å²) in [6, 6.07) is 9.68. The number of nitrogens with one attached hydrogen (secondary N) is 1. The highest BCUT2D eigenvalue weighted by atomic mass is 16.5. The average Bonchev–Trinajstić information content (AvgIpc) is 3.20. The van der Waals surface area contributed by atoms with Crippen molar-refractivity contribution in [2.24, 2.45) is 0 Å². The fraction of sp³-hybridized carbons (Fsp3) is 0.357. The highest BCUT2D eigenvalue weighted by Gasteiger charge is 2.20. The maximum absolute atomic E-state index is 13.3. The number of pyridine rings is 1. The molecule has 0 saturated carbocycles. The highest BCUT2D eigenvalue weighted by Crippen LogP contribution is 2.23. The molecule has 5 rings (SSSR count). The fourth-order valence-electron chi connectivity index (χ4n) is 4.79. The first-order valence-electron chi connectivity index (χ1n) is 13.0. The Kier molecular flexibility index (Phi) is 7.25. The van der Waals surface area contributed by atoms with E-state index in [1.165, 1.54) is 23.7 Å². The SMILES string of the molecule is C=CCn1c(=O)c2cnc(Nc3ccc(N4CCN(C)CC4)cc3)nc2n1-c1cc(OC)c(=O)n(C(C)C)c1. The lowest BCUT2D eigenvalue weighted by Gasteiger charge is -2.34. The Hall–Kier alpha value is -4.38. The number of nitrogens with zero attached hydrogens (tertiary/aromatic N) is 7. The third kappa shape index (κ3) is 5.05. The van der Waals surface area contributed by atoms with E-state index in [0.717, 1.165) is 31.9 Å². The van der Waals surface area contributed by atoms with E-state index < -0.39 is 0 Å². The summed E-state index contributed by atoms with van der Waals surface area (Å²) in [6.07, 6.45) is 4.87. The van der Waals surface area contributed by atoms with Crippen molar-refractivity contribution in [1.82, 2.24) is 28.8 Å². The second-order valence-electron chi connectivity index (χ2n) is 9.95. The molecule has 11 nitrogen and oxygen atoms in total. The lowest BCUT2D eigenvalue weighted by Crippen LogP contribution is -2.44. The molecule has 1 aromatic carbocycles. The Bertz CT molecular complexity index is 1610. The molecule has 1 N–H and O–H groups in total. The number of piperazine rings is 1. The number of aromatic nitrogens is 5. The molecule has 1 aliphatic rings. The summed E-state index contributed by atoms with van der Waals surface area (Å²) >= 11 is 0.